The van der Waals surface area contributed by atoms with Gasteiger partial charge in [0, 0.05) is 4.90 Å². The summed E-state index contributed by atoms with van der Waals surface area (Å²) < 4.78 is 0. The van der Waals surface area contributed by atoms with Gasteiger partial charge in [-0.2, -0.15) is 0 Å². The lowest BCUT2D eigenvalue weighted by molar-refractivity contribution is 0.375. The van der Waals surface area contributed by atoms with Gasteiger partial charge in [0.15, 0.2) is 0 Å². The third-order valence-corrected chi connectivity index (χ3v) is 2.88. The molecule has 0 spiro atoms. The second-order valence-electron chi connectivity index (χ2n) is 3.00. The Morgan fingerprint density at radius 3 is 2.08 bits per heavy atom. The van der Waals surface area contributed by atoms with E-state index in [2.05, 4.69) is 32.9 Å². The lowest BCUT2D eigenvalue weighted by Gasteiger charge is -2.08. The minimum atomic E-state index is 0.157. The number of aliphatic hydroxyl groups excluding tert-OH is 1. The van der Waals surface area contributed by atoms with Crippen LogP contribution in [0, 0.1) is 20.8 Å². The van der Waals surface area contributed by atoms with Crippen LogP contribution < -0.4 is 0 Å². The van der Waals surface area contributed by atoms with Crippen molar-refractivity contribution in [2.75, 3.05) is 5.94 Å². The van der Waals surface area contributed by atoms with E-state index in [0.717, 1.165) is 0 Å². The molecule has 0 aliphatic rings. The lowest BCUT2D eigenvalue weighted by atomic mass is 10.1. The molecule has 0 heterocycles. The van der Waals surface area contributed by atoms with Crippen LogP contribution in [0.15, 0.2) is 17.0 Å². The number of benzene rings is 1. The Bertz CT molecular complexity index is 258. The average molecular weight is 182 g/mol. The maximum Gasteiger partial charge on any atom is 0.0932 e. The third kappa shape index (κ3) is 2.02. The number of hydrogen-bond donors (Lipinski definition) is 1. The van der Waals surface area contributed by atoms with Crippen LogP contribution in [0.3, 0.4) is 0 Å². The molecule has 0 fully saturated rings. The van der Waals surface area contributed by atoms with Gasteiger partial charge in [-0.25, -0.2) is 0 Å². The molecule has 1 rings (SSSR count). The Kier molecular flexibility index (Phi) is 3.18. The second-order valence-corrected chi connectivity index (χ2v) is 3.96. The van der Waals surface area contributed by atoms with Crippen LogP contribution in [-0.4, -0.2) is 11.0 Å². The highest BCUT2D eigenvalue weighted by Crippen LogP contribution is 2.26. The van der Waals surface area contributed by atoms with Crippen molar-refractivity contribution in [2.24, 2.45) is 0 Å². The van der Waals surface area contributed by atoms with Gasteiger partial charge >= 0.3 is 0 Å². The molecule has 0 unspecified atom stereocenters. The molecular weight excluding hydrogens is 168 g/mol. The van der Waals surface area contributed by atoms with E-state index < -0.39 is 0 Å². The number of hydrogen-bond acceptors (Lipinski definition) is 2. The van der Waals surface area contributed by atoms with E-state index in [4.69, 9.17) is 5.11 Å². The summed E-state index contributed by atoms with van der Waals surface area (Å²) in [6.07, 6.45) is 0. The molecule has 1 aromatic rings. The van der Waals surface area contributed by atoms with Crippen molar-refractivity contribution in [3.8, 4) is 0 Å². The maximum atomic E-state index is 8.80. The van der Waals surface area contributed by atoms with Crippen molar-refractivity contribution in [1.29, 1.82) is 0 Å². The highest BCUT2D eigenvalue weighted by atomic mass is 32.2. The number of thioether (sulfide) groups is 1. The molecule has 0 saturated heterocycles. The van der Waals surface area contributed by atoms with Crippen molar-refractivity contribution in [3.63, 3.8) is 0 Å². The molecule has 0 aliphatic carbocycles. The molecule has 0 radical (unpaired) electrons. The fourth-order valence-electron chi connectivity index (χ4n) is 1.46. The van der Waals surface area contributed by atoms with E-state index in [-0.39, 0.29) is 5.94 Å². The summed E-state index contributed by atoms with van der Waals surface area (Å²) in [5, 5.41) is 8.80. The van der Waals surface area contributed by atoms with Gasteiger partial charge in [-0.15, -0.1) is 0 Å². The van der Waals surface area contributed by atoms with E-state index >= 15 is 0 Å². The van der Waals surface area contributed by atoms with Crippen LogP contribution in [0.4, 0.5) is 0 Å². The van der Waals surface area contributed by atoms with E-state index in [1.807, 2.05) is 0 Å². The molecule has 0 aromatic heterocycles. The van der Waals surface area contributed by atoms with Crippen LogP contribution in [0.1, 0.15) is 16.7 Å². The van der Waals surface area contributed by atoms with Crippen LogP contribution in [-0.2, 0) is 0 Å². The Balaban J connectivity index is 3.10. The highest BCUT2D eigenvalue weighted by molar-refractivity contribution is 7.99. The molecule has 66 valence electrons. The molecule has 0 saturated carbocycles. The second kappa shape index (κ2) is 3.97. The molecule has 0 bridgehead atoms. The van der Waals surface area contributed by atoms with Crippen molar-refractivity contribution >= 4 is 11.8 Å². The Hall–Kier alpha value is -0.470. The van der Waals surface area contributed by atoms with Gasteiger partial charge in [0.1, 0.15) is 0 Å². The SMILES string of the molecule is Cc1cc(C)c(SCO)c(C)c1. The summed E-state index contributed by atoms with van der Waals surface area (Å²) in [5.41, 5.74) is 3.80. The summed E-state index contributed by atoms with van der Waals surface area (Å²) in [5.74, 6) is 0.157. The summed E-state index contributed by atoms with van der Waals surface area (Å²) in [7, 11) is 0. The van der Waals surface area contributed by atoms with Crippen LogP contribution in [0.5, 0.6) is 0 Å². The number of aryl methyl sites for hydroxylation is 3. The zero-order chi connectivity index (χ0) is 9.14. The standard InChI is InChI=1S/C10H14OS/c1-7-4-8(2)10(12-6-11)9(3)5-7/h4-5,11H,6H2,1-3H3. The summed E-state index contributed by atoms with van der Waals surface area (Å²) >= 11 is 1.49. The van der Waals surface area contributed by atoms with Gasteiger partial charge in [-0.1, -0.05) is 29.5 Å². The molecule has 1 aromatic carbocycles. The van der Waals surface area contributed by atoms with Crippen molar-refractivity contribution in [2.45, 2.75) is 25.7 Å². The first-order chi connectivity index (χ1) is 5.65. The smallest absolute Gasteiger partial charge is 0.0932 e. The van der Waals surface area contributed by atoms with Crippen LogP contribution >= 0.6 is 11.8 Å². The van der Waals surface area contributed by atoms with Crippen molar-refractivity contribution in [1.82, 2.24) is 0 Å². The van der Waals surface area contributed by atoms with E-state index in [1.54, 1.807) is 0 Å². The maximum absolute atomic E-state index is 8.80. The van der Waals surface area contributed by atoms with Crippen molar-refractivity contribution < 1.29 is 5.11 Å². The molecule has 0 amide bonds. The molecule has 2 heteroatoms. The Morgan fingerprint density at radius 1 is 1.17 bits per heavy atom. The molecule has 1 nitrogen and oxygen atoms in total. The number of aliphatic hydroxyl groups is 1. The average Bonchev–Trinajstić information content (AvgIpc) is 1.96. The quantitative estimate of drug-likeness (QED) is 0.560. The summed E-state index contributed by atoms with van der Waals surface area (Å²) in [6.45, 7) is 6.25. The first-order valence-corrected chi connectivity index (χ1v) is 4.95. The van der Waals surface area contributed by atoms with Gasteiger partial charge in [-0.3, -0.25) is 0 Å². The fourth-order valence-corrected chi connectivity index (χ4v) is 2.16. The highest BCUT2D eigenvalue weighted by Gasteiger charge is 2.02. The molecule has 1 N–H and O–H groups in total. The minimum absolute atomic E-state index is 0.157. The van der Waals surface area contributed by atoms with Gasteiger partial charge < -0.3 is 5.11 Å². The third-order valence-electron chi connectivity index (χ3n) is 1.81. The van der Waals surface area contributed by atoms with Crippen LogP contribution in [0.2, 0.25) is 0 Å². The predicted octanol–water partition coefficient (Wildman–Crippen LogP) is 2.65. The first kappa shape index (κ1) is 9.62. The fraction of sp³-hybridized carbons (Fsp3) is 0.400. The first-order valence-electron chi connectivity index (χ1n) is 3.96. The number of rotatable bonds is 2. The van der Waals surface area contributed by atoms with Gasteiger partial charge in [0.25, 0.3) is 0 Å². The normalized spacial score (nSPS) is 10.3. The molecule has 12 heavy (non-hydrogen) atoms. The zero-order valence-corrected chi connectivity index (χ0v) is 8.53. The zero-order valence-electron chi connectivity index (χ0n) is 7.72. The van der Waals surface area contributed by atoms with Gasteiger partial charge in [0.05, 0.1) is 5.94 Å². The lowest BCUT2D eigenvalue weighted by Crippen LogP contribution is -1.88. The monoisotopic (exact) mass is 182 g/mol. The van der Waals surface area contributed by atoms with E-state index in [9.17, 15) is 0 Å². The van der Waals surface area contributed by atoms with Crippen LogP contribution in [0.25, 0.3) is 0 Å². The van der Waals surface area contributed by atoms with Gasteiger partial charge in [-0.05, 0) is 31.9 Å². The van der Waals surface area contributed by atoms with Crippen molar-refractivity contribution in [3.05, 3.63) is 28.8 Å². The molecule has 0 atom stereocenters. The topological polar surface area (TPSA) is 20.2 Å². The summed E-state index contributed by atoms with van der Waals surface area (Å²) in [4.78, 5) is 1.21. The van der Waals surface area contributed by atoms with Gasteiger partial charge in [0.2, 0.25) is 0 Å². The minimum Gasteiger partial charge on any atom is -0.385 e. The Labute approximate surface area is 77.8 Å². The summed E-state index contributed by atoms with van der Waals surface area (Å²) in [6, 6.07) is 4.29. The Morgan fingerprint density at radius 2 is 1.67 bits per heavy atom. The van der Waals surface area contributed by atoms with E-state index in [0.29, 0.717) is 0 Å². The van der Waals surface area contributed by atoms with E-state index in [1.165, 1.54) is 33.3 Å². The largest absolute Gasteiger partial charge is 0.385 e. The molecule has 0 aliphatic heterocycles. The predicted molar refractivity (Wildman–Crippen MR) is 53.6 cm³/mol. The molecular formula is C10H14OS.